The molecule has 1 heterocycles. The van der Waals surface area contributed by atoms with E-state index in [4.69, 9.17) is 5.73 Å². The van der Waals surface area contributed by atoms with Gasteiger partial charge < -0.3 is 5.73 Å². The minimum absolute atomic E-state index is 0. The Balaban J connectivity index is 0.00000162. The minimum atomic E-state index is -3.43. The molecule has 0 aliphatic heterocycles. The highest BCUT2D eigenvalue weighted by Gasteiger charge is 2.34. The molecule has 0 bridgehead atoms. The minimum Gasteiger partial charge on any atom is -0.324 e. The number of rotatable bonds is 4. The molecule has 1 fully saturated rings. The Morgan fingerprint density at radius 1 is 1.56 bits per heavy atom. The van der Waals surface area contributed by atoms with Crippen LogP contribution < -0.4 is 10.5 Å². The molecule has 8 heteroatoms. The Labute approximate surface area is 126 Å². The zero-order chi connectivity index (χ0) is 12.7. The summed E-state index contributed by atoms with van der Waals surface area (Å²) in [5.74, 6) is 0. The molecule has 3 N–H and O–H groups in total. The molecule has 1 aromatic rings. The average Bonchev–Trinajstić information content (AvgIpc) is 2.53. The van der Waals surface area contributed by atoms with E-state index in [1.807, 2.05) is 0 Å². The van der Waals surface area contributed by atoms with E-state index < -0.39 is 10.0 Å². The van der Waals surface area contributed by atoms with Crippen molar-refractivity contribution in [3.05, 3.63) is 14.7 Å². The van der Waals surface area contributed by atoms with Gasteiger partial charge in [-0.1, -0.05) is 0 Å². The summed E-state index contributed by atoms with van der Waals surface area (Å²) >= 11 is 4.71. The maximum absolute atomic E-state index is 12.1. The Morgan fingerprint density at radius 3 is 2.56 bits per heavy atom. The predicted molar refractivity (Wildman–Crippen MR) is 80.0 cm³/mol. The first kappa shape index (κ1) is 16.4. The summed E-state index contributed by atoms with van der Waals surface area (Å²) in [4.78, 5) is 1.13. The van der Waals surface area contributed by atoms with E-state index >= 15 is 0 Å². The van der Waals surface area contributed by atoms with Crippen molar-refractivity contribution < 1.29 is 8.42 Å². The van der Waals surface area contributed by atoms with Crippen LogP contribution in [0.5, 0.6) is 0 Å². The van der Waals surface area contributed by atoms with Crippen molar-refractivity contribution in [1.82, 2.24) is 4.72 Å². The third-order valence-electron chi connectivity index (χ3n) is 3.10. The van der Waals surface area contributed by atoms with Crippen LogP contribution in [0.15, 0.2) is 14.7 Å². The number of halogens is 2. The molecule has 0 radical (unpaired) electrons. The smallest absolute Gasteiger partial charge is 0.241 e. The van der Waals surface area contributed by atoms with E-state index in [0.29, 0.717) is 11.4 Å². The van der Waals surface area contributed by atoms with Crippen LogP contribution in [0.25, 0.3) is 0 Å². The van der Waals surface area contributed by atoms with Crippen molar-refractivity contribution >= 4 is 49.7 Å². The first-order valence-electron chi connectivity index (χ1n) is 5.37. The number of sulfonamides is 1. The fourth-order valence-electron chi connectivity index (χ4n) is 1.82. The Morgan fingerprint density at radius 2 is 2.17 bits per heavy atom. The normalized spacial score (nSPS) is 17.9. The highest BCUT2D eigenvalue weighted by molar-refractivity contribution is 9.11. The third-order valence-corrected chi connectivity index (χ3v) is 6.31. The zero-order valence-electron chi connectivity index (χ0n) is 9.90. The molecular formula is C10H16BrClN2O2S2. The second-order valence-electron chi connectivity index (χ2n) is 4.51. The van der Waals surface area contributed by atoms with Crippen LogP contribution in [0.4, 0.5) is 0 Å². The number of aryl methyl sites for hydroxylation is 1. The van der Waals surface area contributed by atoms with E-state index in [9.17, 15) is 8.42 Å². The molecule has 1 saturated carbocycles. The van der Waals surface area contributed by atoms with E-state index in [1.54, 1.807) is 13.0 Å². The summed E-state index contributed by atoms with van der Waals surface area (Å²) in [6, 6.07) is 1.63. The van der Waals surface area contributed by atoms with Crippen molar-refractivity contribution in [2.75, 3.05) is 6.54 Å². The predicted octanol–water partition coefficient (Wildman–Crippen LogP) is 2.40. The first-order chi connectivity index (χ1) is 7.82. The zero-order valence-corrected chi connectivity index (χ0v) is 13.9. The van der Waals surface area contributed by atoms with Gasteiger partial charge >= 0.3 is 0 Å². The van der Waals surface area contributed by atoms with Crippen molar-refractivity contribution in [3.8, 4) is 0 Å². The number of hydrogen-bond acceptors (Lipinski definition) is 4. The molecule has 0 amide bonds. The quantitative estimate of drug-likeness (QED) is 0.849. The molecule has 0 unspecified atom stereocenters. The van der Waals surface area contributed by atoms with Crippen LogP contribution >= 0.6 is 39.7 Å². The van der Waals surface area contributed by atoms with Crippen LogP contribution in [-0.2, 0) is 10.0 Å². The fraction of sp³-hybridized carbons (Fsp3) is 0.600. The lowest BCUT2D eigenvalue weighted by Gasteiger charge is -2.37. The van der Waals surface area contributed by atoms with Gasteiger partial charge in [-0.15, -0.1) is 23.7 Å². The van der Waals surface area contributed by atoms with Crippen LogP contribution in [0.3, 0.4) is 0 Å². The second-order valence-corrected chi connectivity index (χ2v) is 8.88. The monoisotopic (exact) mass is 374 g/mol. The molecule has 1 aromatic heterocycles. The van der Waals surface area contributed by atoms with Crippen molar-refractivity contribution in [1.29, 1.82) is 0 Å². The molecule has 0 saturated heterocycles. The SMILES string of the molecule is Cc1sc(Br)cc1S(=O)(=O)NCC1(N)CCC1.Cl. The molecule has 0 spiro atoms. The van der Waals surface area contributed by atoms with Crippen LogP contribution in [0.2, 0.25) is 0 Å². The topological polar surface area (TPSA) is 72.2 Å². The number of nitrogens with two attached hydrogens (primary N) is 1. The van der Waals surface area contributed by atoms with Crippen LogP contribution in [0.1, 0.15) is 24.1 Å². The van der Waals surface area contributed by atoms with Crippen molar-refractivity contribution in [2.45, 2.75) is 36.6 Å². The van der Waals surface area contributed by atoms with Gasteiger partial charge in [0.1, 0.15) is 0 Å². The van der Waals surface area contributed by atoms with Gasteiger partial charge in [0.15, 0.2) is 0 Å². The standard InChI is InChI=1S/C10H15BrN2O2S2.ClH/c1-7-8(5-9(11)16-7)17(14,15)13-6-10(12)3-2-4-10;/h5,13H,2-4,6,12H2,1H3;1H. The van der Waals surface area contributed by atoms with Gasteiger partial charge in [0.25, 0.3) is 0 Å². The van der Waals surface area contributed by atoms with Gasteiger partial charge in [0.2, 0.25) is 10.0 Å². The van der Waals surface area contributed by atoms with Crippen LogP contribution in [-0.4, -0.2) is 20.5 Å². The summed E-state index contributed by atoms with van der Waals surface area (Å²) in [5, 5.41) is 0. The summed E-state index contributed by atoms with van der Waals surface area (Å²) in [7, 11) is -3.43. The molecule has 18 heavy (non-hydrogen) atoms. The Hall–Kier alpha value is 0.340. The van der Waals surface area contributed by atoms with Gasteiger partial charge in [0, 0.05) is 17.0 Å². The molecule has 4 nitrogen and oxygen atoms in total. The first-order valence-corrected chi connectivity index (χ1v) is 8.46. The van der Waals surface area contributed by atoms with E-state index in [1.165, 1.54) is 11.3 Å². The lowest BCUT2D eigenvalue weighted by atomic mass is 9.78. The molecule has 104 valence electrons. The number of nitrogens with one attached hydrogen (secondary N) is 1. The maximum Gasteiger partial charge on any atom is 0.241 e. The fourth-order valence-corrected chi connectivity index (χ4v) is 5.37. The van der Waals surface area contributed by atoms with Gasteiger partial charge in [-0.05, 0) is 48.2 Å². The summed E-state index contributed by atoms with van der Waals surface area (Å²) in [6.07, 6.45) is 2.87. The second kappa shape index (κ2) is 5.76. The Bertz CT molecular complexity index is 526. The lowest BCUT2D eigenvalue weighted by molar-refractivity contribution is 0.251. The average molecular weight is 376 g/mol. The van der Waals surface area contributed by atoms with E-state index in [-0.39, 0.29) is 17.9 Å². The largest absolute Gasteiger partial charge is 0.324 e. The molecule has 1 aliphatic rings. The van der Waals surface area contributed by atoms with E-state index in [2.05, 4.69) is 20.7 Å². The van der Waals surface area contributed by atoms with Crippen molar-refractivity contribution in [3.63, 3.8) is 0 Å². The molecule has 0 aromatic carbocycles. The summed E-state index contributed by atoms with van der Waals surface area (Å²) in [5.41, 5.74) is 5.66. The summed E-state index contributed by atoms with van der Waals surface area (Å²) < 4.78 is 27.6. The van der Waals surface area contributed by atoms with Crippen molar-refractivity contribution in [2.24, 2.45) is 5.73 Å². The van der Waals surface area contributed by atoms with E-state index in [0.717, 1.165) is 27.9 Å². The lowest BCUT2D eigenvalue weighted by Crippen LogP contribution is -2.54. The molecule has 1 aliphatic carbocycles. The third kappa shape index (κ3) is 3.46. The summed E-state index contributed by atoms with van der Waals surface area (Å²) in [6.45, 7) is 2.12. The van der Waals surface area contributed by atoms with Crippen LogP contribution in [0, 0.1) is 6.92 Å². The molecule has 0 atom stereocenters. The van der Waals surface area contributed by atoms with Gasteiger partial charge in [-0.3, -0.25) is 0 Å². The Kier molecular flexibility index (Phi) is 5.25. The highest BCUT2D eigenvalue weighted by Crippen LogP contribution is 2.31. The van der Waals surface area contributed by atoms with Gasteiger partial charge in [-0.2, -0.15) is 0 Å². The molecular weight excluding hydrogens is 360 g/mol. The molecule has 2 rings (SSSR count). The number of thiophene rings is 1. The van der Waals surface area contributed by atoms with Gasteiger partial charge in [-0.25, -0.2) is 13.1 Å². The van der Waals surface area contributed by atoms with Gasteiger partial charge in [0.05, 0.1) is 8.68 Å². The maximum atomic E-state index is 12.1. The highest BCUT2D eigenvalue weighted by atomic mass is 79.9. The number of hydrogen-bond donors (Lipinski definition) is 2.